The zero-order valence-corrected chi connectivity index (χ0v) is 11.3. The summed E-state index contributed by atoms with van der Waals surface area (Å²) in [7, 11) is 0. The number of carboxylic acid groups (broad SMARTS) is 1. The lowest BCUT2D eigenvalue weighted by Crippen LogP contribution is -2.33. The van der Waals surface area contributed by atoms with Gasteiger partial charge in [-0.15, -0.1) is 0 Å². The van der Waals surface area contributed by atoms with Gasteiger partial charge >= 0.3 is 12.0 Å². The van der Waals surface area contributed by atoms with Crippen molar-refractivity contribution in [1.82, 2.24) is 4.90 Å². The first-order chi connectivity index (χ1) is 9.51. The fourth-order valence-electron chi connectivity index (χ4n) is 2.30. The molecule has 1 unspecified atom stereocenters. The first-order valence-corrected chi connectivity index (χ1v) is 6.52. The van der Waals surface area contributed by atoms with Gasteiger partial charge in [0.05, 0.1) is 5.56 Å². The lowest BCUT2D eigenvalue weighted by atomic mass is 10.1. The Bertz CT molecular complexity index is 530. The van der Waals surface area contributed by atoms with Crippen LogP contribution >= 0.6 is 0 Å². The Morgan fingerprint density at radius 3 is 2.80 bits per heavy atom. The van der Waals surface area contributed by atoms with E-state index >= 15 is 0 Å². The third kappa shape index (κ3) is 3.08. The second-order valence-corrected chi connectivity index (χ2v) is 5.05. The number of nitrogens with one attached hydrogen (secondary N) is 1. The number of aromatic carboxylic acids is 1. The maximum atomic E-state index is 12.0. The molecule has 0 saturated carbocycles. The number of carboxylic acids is 1. The summed E-state index contributed by atoms with van der Waals surface area (Å²) in [6, 6.07) is 4.54. The first kappa shape index (κ1) is 14.3. The van der Waals surface area contributed by atoms with E-state index in [-0.39, 0.29) is 24.1 Å². The molecule has 0 radical (unpaired) electrons. The van der Waals surface area contributed by atoms with Gasteiger partial charge in [0, 0.05) is 31.3 Å². The highest BCUT2D eigenvalue weighted by atomic mass is 16.4. The molecule has 0 aliphatic carbocycles. The molecule has 20 heavy (non-hydrogen) atoms. The van der Waals surface area contributed by atoms with Crippen molar-refractivity contribution >= 4 is 17.7 Å². The number of rotatable bonds is 3. The van der Waals surface area contributed by atoms with Crippen LogP contribution in [0, 0.1) is 12.8 Å². The zero-order valence-electron chi connectivity index (χ0n) is 11.3. The SMILES string of the molecule is Cc1ccc(NC(=O)N2CCC(CO)C2)cc1C(=O)O. The van der Waals surface area contributed by atoms with Crippen LogP contribution < -0.4 is 5.32 Å². The number of anilines is 1. The van der Waals surface area contributed by atoms with Crippen molar-refractivity contribution in [2.75, 3.05) is 25.0 Å². The van der Waals surface area contributed by atoms with Crippen LogP contribution in [0.25, 0.3) is 0 Å². The molecule has 0 aromatic heterocycles. The summed E-state index contributed by atoms with van der Waals surface area (Å²) in [4.78, 5) is 24.7. The molecule has 1 aliphatic heterocycles. The highest BCUT2D eigenvalue weighted by Gasteiger charge is 2.25. The van der Waals surface area contributed by atoms with Crippen LogP contribution in [0.15, 0.2) is 18.2 Å². The lowest BCUT2D eigenvalue weighted by Gasteiger charge is -2.17. The molecule has 1 atom stereocenters. The number of aliphatic hydroxyl groups is 1. The van der Waals surface area contributed by atoms with E-state index in [4.69, 9.17) is 10.2 Å². The number of urea groups is 1. The molecular formula is C14H18N2O4. The Labute approximate surface area is 117 Å². The first-order valence-electron chi connectivity index (χ1n) is 6.52. The molecule has 1 saturated heterocycles. The molecule has 1 aromatic rings. The zero-order chi connectivity index (χ0) is 14.7. The van der Waals surface area contributed by atoms with Gasteiger partial charge in [-0.25, -0.2) is 9.59 Å². The van der Waals surface area contributed by atoms with E-state index in [0.717, 1.165) is 6.42 Å². The van der Waals surface area contributed by atoms with Gasteiger partial charge in [0.15, 0.2) is 0 Å². The van der Waals surface area contributed by atoms with Crippen molar-refractivity contribution in [2.24, 2.45) is 5.92 Å². The second kappa shape index (κ2) is 5.92. The van der Waals surface area contributed by atoms with Crippen molar-refractivity contribution in [1.29, 1.82) is 0 Å². The third-order valence-corrected chi connectivity index (χ3v) is 3.55. The summed E-state index contributed by atoms with van der Waals surface area (Å²) in [5.41, 5.74) is 1.29. The smallest absolute Gasteiger partial charge is 0.336 e. The van der Waals surface area contributed by atoms with E-state index in [0.29, 0.717) is 24.3 Å². The van der Waals surface area contributed by atoms with Crippen molar-refractivity contribution in [3.05, 3.63) is 29.3 Å². The van der Waals surface area contributed by atoms with Crippen LogP contribution in [0.5, 0.6) is 0 Å². The van der Waals surface area contributed by atoms with Crippen LogP contribution in [0.1, 0.15) is 22.3 Å². The minimum atomic E-state index is -1.01. The Balaban J connectivity index is 2.05. The van der Waals surface area contributed by atoms with Crippen LogP contribution in [0.4, 0.5) is 10.5 Å². The number of carbonyl (C=O) groups excluding carboxylic acids is 1. The van der Waals surface area contributed by atoms with Gasteiger partial charge in [-0.05, 0) is 31.0 Å². The largest absolute Gasteiger partial charge is 0.478 e. The van der Waals surface area contributed by atoms with E-state index in [1.165, 1.54) is 6.07 Å². The predicted molar refractivity (Wildman–Crippen MR) is 73.9 cm³/mol. The molecule has 1 fully saturated rings. The van der Waals surface area contributed by atoms with Gasteiger partial charge in [0.2, 0.25) is 0 Å². The molecule has 0 spiro atoms. The quantitative estimate of drug-likeness (QED) is 0.782. The average molecular weight is 278 g/mol. The van der Waals surface area contributed by atoms with Crippen LogP contribution in [0.3, 0.4) is 0 Å². The molecular weight excluding hydrogens is 260 g/mol. The van der Waals surface area contributed by atoms with Crippen molar-refractivity contribution in [2.45, 2.75) is 13.3 Å². The van der Waals surface area contributed by atoms with Gasteiger partial charge in [-0.2, -0.15) is 0 Å². The predicted octanol–water partition coefficient (Wildman–Crippen LogP) is 1.54. The third-order valence-electron chi connectivity index (χ3n) is 3.55. The number of hydrogen-bond acceptors (Lipinski definition) is 3. The van der Waals surface area contributed by atoms with Crippen molar-refractivity contribution in [3.63, 3.8) is 0 Å². The van der Waals surface area contributed by atoms with Crippen molar-refractivity contribution < 1.29 is 19.8 Å². The lowest BCUT2D eigenvalue weighted by molar-refractivity contribution is 0.0696. The summed E-state index contributed by atoms with van der Waals surface area (Å²) in [6.45, 7) is 2.92. The summed E-state index contributed by atoms with van der Waals surface area (Å²) in [5.74, 6) is -0.881. The van der Waals surface area contributed by atoms with Gasteiger partial charge in [0.25, 0.3) is 0 Å². The topological polar surface area (TPSA) is 89.9 Å². The summed E-state index contributed by atoms with van der Waals surface area (Å²) < 4.78 is 0. The summed E-state index contributed by atoms with van der Waals surface area (Å²) >= 11 is 0. The van der Waals surface area contributed by atoms with Crippen LogP contribution in [-0.2, 0) is 0 Å². The fourth-order valence-corrected chi connectivity index (χ4v) is 2.30. The van der Waals surface area contributed by atoms with Crippen molar-refractivity contribution in [3.8, 4) is 0 Å². The van der Waals surface area contributed by atoms with Gasteiger partial charge in [-0.3, -0.25) is 0 Å². The summed E-state index contributed by atoms with van der Waals surface area (Å²) in [5, 5.41) is 20.8. The van der Waals surface area contributed by atoms with E-state index in [1.807, 2.05) is 0 Å². The monoisotopic (exact) mass is 278 g/mol. The number of carbonyl (C=O) groups is 2. The minimum Gasteiger partial charge on any atom is -0.478 e. The number of benzene rings is 1. The van der Waals surface area contributed by atoms with Gasteiger partial charge in [-0.1, -0.05) is 6.07 Å². The van der Waals surface area contributed by atoms with Crippen LogP contribution in [-0.4, -0.2) is 46.8 Å². The highest BCUT2D eigenvalue weighted by Crippen LogP contribution is 2.19. The maximum Gasteiger partial charge on any atom is 0.336 e. The molecule has 1 heterocycles. The number of hydrogen-bond donors (Lipinski definition) is 3. The molecule has 0 bridgehead atoms. The highest BCUT2D eigenvalue weighted by molar-refractivity contribution is 5.94. The number of nitrogens with zero attached hydrogens (tertiary/aromatic N) is 1. The van der Waals surface area contributed by atoms with E-state index in [1.54, 1.807) is 24.0 Å². The number of aliphatic hydroxyl groups excluding tert-OH is 1. The van der Waals surface area contributed by atoms with E-state index in [2.05, 4.69) is 5.32 Å². The van der Waals surface area contributed by atoms with E-state index < -0.39 is 5.97 Å². The molecule has 1 aromatic carbocycles. The number of likely N-dealkylation sites (tertiary alicyclic amines) is 1. The Morgan fingerprint density at radius 2 is 2.20 bits per heavy atom. The Hall–Kier alpha value is -2.08. The molecule has 2 amide bonds. The molecule has 3 N–H and O–H groups in total. The molecule has 6 nitrogen and oxygen atoms in total. The number of aryl methyl sites for hydroxylation is 1. The van der Waals surface area contributed by atoms with Crippen LogP contribution in [0.2, 0.25) is 0 Å². The summed E-state index contributed by atoms with van der Waals surface area (Å²) in [6.07, 6.45) is 0.790. The van der Waals surface area contributed by atoms with Gasteiger partial charge in [0.1, 0.15) is 0 Å². The molecule has 6 heteroatoms. The fraction of sp³-hybridized carbons (Fsp3) is 0.429. The standard InChI is InChI=1S/C14H18N2O4/c1-9-2-3-11(6-12(9)13(18)19)15-14(20)16-5-4-10(7-16)8-17/h2-3,6,10,17H,4-5,7-8H2,1H3,(H,15,20)(H,18,19). The molecule has 2 rings (SSSR count). The number of amides is 2. The maximum absolute atomic E-state index is 12.0. The molecule has 1 aliphatic rings. The van der Waals surface area contributed by atoms with E-state index in [9.17, 15) is 9.59 Å². The molecule has 108 valence electrons. The second-order valence-electron chi connectivity index (χ2n) is 5.05. The average Bonchev–Trinajstić information content (AvgIpc) is 2.89. The minimum absolute atomic E-state index is 0.0808. The Morgan fingerprint density at radius 1 is 1.45 bits per heavy atom. The normalized spacial score (nSPS) is 18.1. The van der Waals surface area contributed by atoms with Gasteiger partial charge < -0.3 is 20.4 Å². The Kier molecular flexibility index (Phi) is 4.24.